The van der Waals surface area contributed by atoms with E-state index in [4.69, 9.17) is 10.5 Å². The number of fused-ring (bicyclic) bond motifs is 1. The Bertz CT molecular complexity index is 1610. The van der Waals surface area contributed by atoms with Crippen molar-refractivity contribution in [2.45, 2.75) is 26.1 Å². The summed E-state index contributed by atoms with van der Waals surface area (Å²) in [6.45, 7) is 3.01. The predicted molar refractivity (Wildman–Crippen MR) is 129 cm³/mol. The number of hydrogen-bond acceptors (Lipinski definition) is 9. The maximum atomic E-state index is 13.7. The van der Waals surface area contributed by atoms with Crippen LogP contribution in [0.15, 0.2) is 18.5 Å². The number of nitrogens with one attached hydrogen (secondary N) is 1. The maximum Gasteiger partial charge on any atom is 0.433 e. The third kappa shape index (κ3) is 4.51. The number of ether oxygens (including phenoxy) is 1. The molecule has 200 valence electrons. The van der Waals surface area contributed by atoms with Gasteiger partial charge in [-0.2, -0.15) is 18.3 Å². The van der Waals surface area contributed by atoms with Gasteiger partial charge in [0, 0.05) is 23.7 Å². The lowest BCUT2D eigenvalue weighted by atomic mass is 10.0. The Morgan fingerprint density at radius 2 is 2.00 bits per heavy atom. The number of carbonyl (C=O) groups is 2. The molecular weight excluding hydrogens is 533 g/mol. The zero-order valence-corrected chi connectivity index (χ0v) is 21.0. The van der Waals surface area contributed by atoms with Gasteiger partial charge in [0.15, 0.2) is 0 Å². The number of amides is 2. The fourth-order valence-corrected chi connectivity index (χ4v) is 4.70. The van der Waals surface area contributed by atoms with Gasteiger partial charge in [0.1, 0.15) is 27.6 Å². The molecule has 3 N–H and O–H groups in total. The molecule has 0 aliphatic heterocycles. The van der Waals surface area contributed by atoms with Gasteiger partial charge in [0.2, 0.25) is 5.91 Å². The Morgan fingerprint density at radius 1 is 1.32 bits per heavy atom. The highest BCUT2D eigenvalue weighted by atomic mass is 32.1. The third-order valence-corrected chi connectivity index (χ3v) is 6.89. The number of primary amides is 1. The quantitative estimate of drug-likeness (QED) is 0.259. The summed E-state index contributed by atoms with van der Waals surface area (Å²) >= 11 is 0.588. The van der Waals surface area contributed by atoms with Gasteiger partial charge < -0.3 is 15.8 Å². The van der Waals surface area contributed by atoms with Gasteiger partial charge in [0.25, 0.3) is 5.91 Å². The summed E-state index contributed by atoms with van der Waals surface area (Å²) in [7, 11) is 2.78. The van der Waals surface area contributed by atoms with Crippen LogP contribution in [0.3, 0.4) is 0 Å². The van der Waals surface area contributed by atoms with E-state index in [0.29, 0.717) is 22.6 Å². The van der Waals surface area contributed by atoms with Crippen molar-refractivity contribution in [3.05, 3.63) is 44.8 Å². The van der Waals surface area contributed by atoms with Crippen LogP contribution < -0.4 is 15.8 Å². The molecule has 0 radical (unpaired) electrons. The molecular formula is C21H19F3N8O5S. The minimum absolute atomic E-state index is 0.0241. The first-order chi connectivity index (χ1) is 17.7. The lowest BCUT2D eigenvalue weighted by Gasteiger charge is -2.15. The molecule has 2 amide bonds. The molecule has 0 spiro atoms. The predicted octanol–water partition coefficient (Wildman–Crippen LogP) is 3.44. The maximum absolute atomic E-state index is 13.7. The minimum atomic E-state index is -4.80. The van der Waals surface area contributed by atoms with Crippen molar-refractivity contribution in [3.63, 3.8) is 0 Å². The van der Waals surface area contributed by atoms with Gasteiger partial charge >= 0.3 is 17.7 Å². The summed E-state index contributed by atoms with van der Waals surface area (Å²) in [5.74, 6) is -2.12. The summed E-state index contributed by atoms with van der Waals surface area (Å²) in [6.07, 6.45) is -2.46. The number of anilines is 1. The van der Waals surface area contributed by atoms with E-state index in [9.17, 15) is 32.9 Å². The SMILES string of the molecule is COc1nn(C(C)C(=O)Nc2c(C(N)=O)sc3nc(C(F)(F)F)cc(-c4cnn(C)c4C)c23)cc1[N+](=O)[O-]. The fourth-order valence-electron chi connectivity index (χ4n) is 3.69. The fraction of sp³-hybridized carbons (Fsp3) is 0.286. The lowest BCUT2D eigenvalue weighted by molar-refractivity contribution is -0.385. The number of halogens is 3. The number of nitrogens with two attached hydrogens (primary N) is 1. The van der Waals surface area contributed by atoms with Crippen LogP contribution in [0.25, 0.3) is 21.3 Å². The molecule has 4 aromatic rings. The Morgan fingerprint density at radius 3 is 2.50 bits per heavy atom. The number of rotatable bonds is 7. The Labute approximate surface area is 215 Å². The number of nitro groups is 1. The summed E-state index contributed by atoms with van der Waals surface area (Å²) in [5.41, 5.74) is 4.52. The molecule has 0 bridgehead atoms. The van der Waals surface area contributed by atoms with Gasteiger partial charge in [-0.15, -0.1) is 16.4 Å². The number of hydrogen-bond donors (Lipinski definition) is 2. The van der Waals surface area contributed by atoms with Crippen LogP contribution in [0.2, 0.25) is 0 Å². The molecule has 0 fully saturated rings. The number of pyridine rings is 1. The van der Waals surface area contributed by atoms with Gasteiger partial charge in [0.05, 0.1) is 23.9 Å². The summed E-state index contributed by atoms with van der Waals surface area (Å²) in [4.78, 5) is 39.2. The van der Waals surface area contributed by atoms with Crippen molar-refractivity contribution in [2.24, 2.45) is 12.8 Å². The molecule has 1 atom stereocenters. The largest absolute Gasteiger partial charge is 0.475 e. The zero-order valence-electron chi connectivity index (χ0n) is 20.2. The number of thiophene rings is 1. The molecule has 13 nitrogen and oxygen atoms in total. The van der Waals surface area contributed by atoms with Gasteiger partial charge in [-0.25, -0.2) is 9.67 Å². The van der Waals surface area contributed by atoms with Crippen LogP contribution in [0.5, 0.6) is 5.88 Å². The molecule has 38 heavy (non-hydrogen) atoms. The molecule has 0 aliphatic carbocycles. The molecule has 0 aliphatic rings. The van der Waals surface area contributed by atoms with E-state index in [1.807, 2.05) is 0 Å². The molecule has 0 aromatic carbocycles. The lowest BCUT2D eigenvalue weighted by Crippen LogP contribution is -2.25. The van der Waals surface area contributed by atoms with Crippen molar-refractivity contribution in [1.29, 1.82) is 0 Å². The number of alkyl halides is 3. The first-order valence-corrected chi connectivity index (χ1v) is 11.5. The average molecular weight is 552 g/mol. The van der Waals surface area contributed by atoms with Crippen molar-refractivity contribution in [1.82, 2.24) is 24.5 Å². The normalized spacial score (nSPS) is 12.5. The van der Waals surface area contributed by atoms with E-state index in [0.717, 1.165) is 16.9 Å². The van der Waals surface area contributed by atoms with Crippen LogP contribution in [-0.4, -0.2) is 48.4 Å². The summed E-state index contributed by atoms with van der Waals surface area (Å²) in [5, 5.41) is 21.8. The van der Waals surface area contributed by atoms with Crippen LogP contribution in [-0.2, 0) is 18.0 Å². The van der Waals surface area contributed by atoms with Crippen LogP contribution >= 0.6 is 11.3 Å². The standard InChI is InChI=1S/C21H19F3N8O5S/c1-8-11(6-26-30(8)3)10-5-13(21(22,23)24)27-20-14(10)15(16(38-20)17(25)33)28-18(34)9(2)31-7-12(32(35)36)19(29-31)37-4/h5-7,9H,1-4H3,(H2,25,33)(H,28,34). The molecule has 1 unspecified atom stereocenters. The minimum Gasteiger partial charge on any atom is -0.475 e. The Balaban J connectivity index is 1.89. The highest BCUT2D eigenvalue weighted by Gasteiger charge is 2.36. The van der Waals surface area contributed by atoms with E-state index in [2.05, 4.69) is 20.5 Å². The first kappa shape index (κ1) is 26.5. The molecule has 0 saturated heterocycles. The number of aryl methyl sites for hydroxylation is 1. The van der Waals surface area contributed by atoms with Crippen molar-refractivity contribution in [3.8, 4) is 17.0 Å². The average Bonchev–Trinajstić information content (AvgIpc) is 3.53. The van der Waals surface area contributed by atoms with Crippen LogP contribution in [0.4, 0.5) is 24.5 Å². The number of nitrogens with zero attached hydrogens (tertiary/aromatic N) is 6. The third-order valence-electron chi connectivity index (χ3n) is 5.80. The van der Waals surface area contributed by atoms with Gasteiger partial charge in [-0.05, 0) is 25.5 Å². The number of carbonyl (C=O) groups excluding carboxylic acids is 2. The zero-order chi connectivity index (χ0) is 28.1. The smallest absolute Gasteiger partial charge is 0.433 e. The summed E-state index contributed by atoms with van der Waals surface area (Å²) < 4.78 is 48.4. The first-order valence-electron chi connectivity index (χ1n) is 10.7. The van der Waals surface area contributed by atoms with Crippen LogP contribution in [0.1, 0.15) is 34.0 Å². The second-order valence-corrected chi connectivity index (χ2v) is 9.10. The highest BCUT2D eigenvalue weighted by molar-refractivity contribution is 7.21. The second-order valence-electron chi connectivity index (χ2n) is 8.10. The molecule has 4 aromatic heterocycles. The van der Waals surface area contributed by atoms with Gasteiger partial charge in [-0.3, -0.25) is 24.4 Å². The van der Waals surface area contributed by atoms with E-state index in [1.54, 1.807) is 14.0 Å². The van der Waals surface area contributed by atoms with E-state index < -0.39 is 40.3 Å². The van der Waals surface area contributed by atoms with E-state index in [1.165, 1.54) is 24.9 Å². The van der Waals surface area contributed by atoms with Crippen molar-refractivity contribution < 1.29 is 32.4 Å². The second kappa shape index (κ2) is 9.40. The number of methoxy groups -OCH3 is 1. The highest BCUT2D eigenvalue weighted by Crippen LogP contribution is 2.44. The Hall–Kier alpha value is -4.54. The van der Waals surface area contributed by atoms with Crippen LogP contribution in [0, 0.1) is 17.0 Å². The summed E-state index contributed by atoms with van der Waals surface area (Å²) in [6, 6.07) is -0.357. The Kier molecular flexibility index (Phi) is 6.56. The van der Waals surface area contributed by atoms with E-state index >= 15 is 0 Å². The topological polar surface area (TPSA) is 173 Å². The van der Waals surface area contributed by atoms with Gasteiger partial charge in [-0.1, -0.05) is 0 Å². The van der Waals surface area contributed by atoms with Crippen molar-refractivity contribution in [2.75, 3.05) is 12.4 Å². The molecule has 0 saturated carbocycles. The molecule has 4 heterocycles. The molecule has 17 heteroatoms. The number of aromatic nitrogens is 5. The van der Waals surface area contributed by atoms with E-state index in [-0.39, 0.29) is 32.2 Å². The monoisotopic (exact) mass is 552 g/mol. The van der Waals surface area contributed by atoms with Crippen molar-refractivity contribution >= 4 is 44.7 Å². The molecule has 4 rings (SSSR count).